The lowest BCUT2D eigenvalue weighted by Crippen LogP contribution is -2.00. The molecule has 0 radical (unpaired) electrons. The van der Waals surface area contributed by atoms with Gasteiger partial charge in [-0.15, -0.1) is 5.10 Å². The van der Waals surface area contributed by atoms with Crippen molar-refractivity contribution >= 4 is 24.8 Å². The van der Waals surface area contributed by atoms with Gasteiger partial charge in [0.25, 0.3) is 0 Å². The predicted octanol–water partition coefficient (Wildman–Crippen LogP) is 0.769. The van der Waals surface area contributed by atoms with Crippen LogP contribution < -0.4 is 0 Å². The molecule has 0 saturated heterocycles. The second-order valence-corrected chi connectivity index (χ2v) is 6.51. The highest BCUT2D eigenvalue weighted by molar-refractivity contribution is 7.50. The summed E-state index contributed by atoms with van der Waals surface area (Å²) >= 11 is 5.91. The molecule has 3 heterocycles. The largest absolute Gasteiger partial charge is 0.331 e. The number of fused-ring (bicyclic) bond motifs is 1. The number of halogens is 1. The average molecular weight is 329 g/mol. The molecule has 9 nitrogen and oxygen atoms in total. The van der Waals surface area contributed by atoms with Crippen molar-refractivity contribution in [1.82, 2.24) is 30.0 Å². The highest BCUT2D eigenvalue weighted by Gasteiger charge is 2.22. The quantitative estimate of drug-likeness (QED) is 0.603. The van der Waals surface area contributed by atoms with E-state index in [4.69, 9.17) is 11.6 Å². The van der Waals surface area contributed by atoms with Crippen molar-refractivity contribution in [2.24, 2.45) is 0 Å². The van der Waals surface area contributed by atoms with Crippen LogP contribution in [0.3, 0.4) is 0 Å². The van der Waals surface area contributed by atoms with Gasteiger partial charge in [0.05, 0.1) is 24.0 Å². The number of aromatic nitrogens is 6. The van der Waals surface area contributed by atoms with Crippen LogP contribution in [0.5, 0.6) is 0 Å². The van der Waals surface area contributed by atoms with E-state index in [2.05, 4.69) is 25.6 Å². The molecule has 11 heteroatoms. The number of tetrazole rings is 1. The van der Waals surface area contributed by atoms with Crippen LogP contribution in [0.1, 0.15) is 17.2 Å². The number of aromatic amines is 1. The zero-order valence-corrected chi connectivity index (χ0v) is 12.2. The van der Waals surface area contributed by atoms with E-state index in [1.807, 2.05) is 0 Å². The summed E-state index contributed by atoms with van der Waals surface area (Å²) in [4.78, 5) is 22.9. The summed E-state index contributed by atoms with van der Waals surface area (Å²) in [5.74, 6) is 0.455. The number of pyridine rings is 1. The van der Waals surface area contributed by atoms with Gasteiger partial charge in [-0.2, -0.15) is 0 Å². The van der Waals surface area contributed by atoms with Gasteiger partial charge >= 0.3 is 7.60 Å². The number of nitrogens with zero attached hydrogens (tertiary/aromatic N) is 5. The van der Waals surface area contributed by atoms with Crippen molar-refractivity contribution in [2.75, 3.05) is 0 Å². The molecule has 3 N–H and O–H groups in total. The van der Waals surface area contributed by atoms with E-state index in [1.165, 1.54) is 0 Å². The fourth-order valence-electron chi connectivity index (χ4n) is 2.04. The van der Waals surface area contributed by atoms with Crippen LogP contribution in [0.4, 0.5) is 0 Å². The first-order chi connectivity index (χ1) is 9.92. The number of hydrogen-bond donors (Lipinski definition) is 3. The van der Waals surface area contributed by atoms with E-state index in [1.54, 1.807) is 22.7 Å². The Hall–Kier alpha value is -1.80. The molecule has 0 unspecified atom stereocenters. The number of H-pyrrole nitrogens is 1. The summed E-state index contributed by atoms with van der Waals surface area (Å²) in [6.07, 6.45) is 1.44. The van der Waals surface area contributed by atoms with Crippen LogP contribution in [-0.4, -0.2) is 39.8 Å². The van der Waals surface area contributed by atoms with Gasteiger partial charge in [-0.25, -0.2) is 10.1 Å². The van der Waals surface area contributed by atoms with Crippen molar-refractivity contribution in [3.05, 3.63) is 40.6 Å². The molecule has 3 rings (SSSR count). The van der Waals surface area contributed by atoms with Gasteiger partial charge < -0.3 is 14.2 Å². The lowest BCUT2D eigenvalue weighted by Gasteiger charge is -2.06. The highest BCUT2D eigenvalue weighted by atomic mass is 35.5. The van der Waals surface area contributed by atoms with Crippen molar-refractivity contribution < 1.29 is 14.4 Å². The topological polar surface area (TPSA) is 129 Å². The predicted molar refractivity (Wildman–Crippen MR) is 72.9 cm³/mol. The Balaban J connectivity index is 2.12. The standard InChI is InChI=1S/C10H10ClN6O3P/c11-6-1-2-17-8(5-21(18,19)20)7(12-10(17)3-6)4-9-13-15-16-14-9/h1-3H,4-5H2,(H2,18,19,20)(H,13,14,15,16). The maximum Gasteiger partial charge on any atom is 0.331 e. The molecule has 0 aliphatic heterocycles. The number of hydrogen-bond acceptors (Lipinski definition) is 5. The molecular weight excluding hydrogens is 319 g/mol. The summed E-state index contributed by atoms with van der Waals surface area (Å²) in [7, 11) is -4.24. The molecule has 0 saturated carbocycles. The zero-order chi connectivity index (χ0) is 15.0. The van der Waals surface area contributed by atoms with Crippen LogP contribution in [0, 0.1) is 0 Å². The summed E-state index contributed by atoms with van der Waals surface area (Å²) < 4.78 is 12.9. The van der Waals surface area contributed by atoms with Gasteiger partial charge in [0.1, 0.15) is 5.65 Å². The van der Waals surface area contributed by atoms with Crippen molar-refractivity contribution in [2.45, 2.75) is 12.6 Å². The van der Waals surface area contributed by atoms with Gasteiger partial charge in [-0.05, 0) is 16.5 Å². The molecule has 0 aliphatic carbocycles. The maximum absolute atomic E-state index is 11.3. The SMILES string of the molecule is O=P(O)(O)Cc1c(Cc2nnn[nH]2)nc2cc(Cl)ccn12. The van der Waals surface area contributed by atoms with E-state index >= 15 is 0 Å². The molecule has 0 aliphatic rings. The zero-order valence-electron chi connectivity index (χ0n) is 10.5. The minimum absolute atomic E-state index is 0.238. The third kappa shape index (κ3) is 3.11. The van der Waals surface area contributed by atoms with E-state index in [-0.39, 0.29) is 6.42 Å². The highest BCUT2D eigenvalue weighted by Crippen LogP contribution is 2.40. The Labute approximate surface area is 123 Å². The Morgan fingerprint density at radius 1 is 1.43 bits per heavy atom. The first kappa shape index (κ1) is 14.2. The number of imidazole rings is 1. The van der Waals surface area contributed by atoms with E-state index in [0.29, 0.717) is 27.9 Å². The fraction of sp³-hybridized carbons (Fsp3) is 0.200. The summed E-state index contributed by atoms with van der Waals surface area (Å²) in [5, 5.41) is 13.8. The minimum atomic E-state index is -4.24. The Kier molecular flexibility index (Phi) is 3.50. The second-order valence-electron chi connectivity index (χ2n) is 4.43. The van der Waals surface area contributed by atoms with E-state index in [9.17, 15) is 14.4 Å². The Bertz CT molecular complexity index is 827. The fourth-order valence-corrected chi connectivity index (χ4v) is 2.91. The van der Waals surface area contributed by atoms with E-state index < -0.39 is 13.8 Å². The van der Waals surface area contributed by atoms with Crippen LogP contribution in [-0.2, 0) is 17.1 Å². The lowest BCUT2D eigenvalue weighted by molar-refractivity contribution is 0.371. The third-order valence-electron chi connectivity index (χ3n) is 2.85. The Morgan fingerprint density at radius 2 is 2.24 bits per heavy atom. The van der Waals surface area contributed by atoms with Crippen LogP contribution in [0.25, 0.3) is 5.65 Å². The normalized spacial score (nSPS) is 12.1. The first-order valence-corrected chi connectivity index (χ1v) is 8.02. The van der Waals surface area contributed by atoms with Gasteiger partial charge in [-0.3, -0.25) is 4.57 Å². The summed E-state index contributed by atoms with van der Waals surface area (Å²) in [6, 6.07) is 3.24. The monoisotopic (exact) mass is 328 g/mol. The molecule has 3 aromatic heterocycles. The van der Waals surface area contributed by atoms with Gasteiger partial charge in [-0.1, -0.05) is 11.6 Å². The molecule has 3 aromatic rings. The maximum atomic E-state index is 11.3. The van der Waals surface area contributed by atoms with Crippen LogP contribution in [0.2, 0.25) is 5.02 Å². The van der Waals surface area contributed by atoms with Crippen LogP contribution >= 0.6 is 19.2 Å². The molecule has 0 amide bonds. The van der Waals surface area contributed by atoms with Crippen molar-refractivity contribution in [1.29, 1.82) is 0 Å². The molecule has 0 fully saturated rings. The number of nitrogens with one attached hydrogen (secondary N) is 1. The van der Waals surface area contributed by atoms with Crippen LogP contribution in [0.15, 0.2) is 18.3 Å². The summed E-state index contributed by atoms with van der Waals surface area (Å²) in [5.41, 5.74) is 1.40. The minimum Gasteiger partial charge on any atom is -0.324 e. The molecule has 110 valence electrons. The Morgan fingerprint density at radius 3 is 2.90 bits per heavy atom. The molecule has 0 spiro atoms. The lowest BCUT2D eigenvalue weighted by atomic mass is 10.2. The van der Waals surface area contributed by atoms with Crippen molar-refractivity contribution in [3.8, 4) is 0 Å². The molecular formula is C10H10ClN6O3P. The van der Waals surface area contributed by atoms with Gasteiger partial charge in [0.15, 0.2) is 5.82 Å². The van der Waals surface area contributed by atoms with Crippen molar-refractivity contribution in [3.63, 3.8) is 0 Å². The molecule has 0 bridgehead atoms. The molecule has 0 atom stereocenters. The van der Waals surface area contributed by atoms with Gasteiger partial charge in [0, 0.05) is 17.3 Å². The summed E-state index contributed by atoms with van der Waals surface area (Å²) in [6.45, 7) is 0. The third-order valence-corrected chi connectivity index (χ3v) is 3.80. The molecule has 0 aromatic carbocycles. The second kappa shape index (κ2) is 5.19. The smallest absolute Gasteiger partial charge is 0.324 e. The first-order valence-electron chi connectivity index (χ1n) is 5.85. The van der Waals surface area contributed by atoms with E-state index in [0.717, 1.165) is 0 Å². The average Bonchev–Trinajstić information content (AvgIpc) is 2.97. The molecule has 21 heavy (non-hydrogen) atoms. The number of rotatable bonds is 4. The van der Waals surface area contributed by atoms with Gasteiger partial charge in [0.2, 0.25) is 0 Å².